The highest BCUT2D eigenvalue weighted by Gasteiger charge is 2.33. The molecule has 0 aliphatic rings. The highest BCUT2D eigenvalue weighted by Crippen LogP contribution is 2.36. The van der Waals surface area contributed by atoms with Crippen molar-refractivity contribution in [3.8, 4) is 11.1 Å². The molecule has 3 heterocycles. The van der Waals surface area contributed by atoms with E-state index in [0.717, 1.165) is 36.5 Å². The van der Waals surface area contributed by atoms with Gasteiger partial charge in [-0.25, -0.2) is 19.3 Å². The number of aromatic nitrogens is 4. The van der Waals surface area contributed by atoms with Crippen LogP contribution in [0.25, 0.3) is 16.6 Å². The summed E-state index contributed by atoms with van der Waals surface area (Å²) in [5.41, 5.74) is 8.06. The zero-order chi connectivity index (χ0) is 28.2. The Morgan fingerprint density at radius 1 is 1.18 bits per heavy atom. The number of nitrogens with one attached hydrogen (secondary N) is 2. The molecule has 0 radical (unpaired) electrons. The van der Waals surface area contributed by atoms with E-state index in [1.54, 1.807) is 30.0 Å². The second-order valence-electron chi connectivity index (χ2n) is 8.52. The number of nitrogens with two attached hydrogens (primary N) is 1. The number of benzene rings is 1. The fourth-order valence-electron chi connectivity index (χ4n) is 3.99. The van der Waals surface area contributed by atoms with Gasteiger partial charge in [0.2, 0.25) is 0 Å². The predicted molar refractivity (Wildman–Crippen MR) is 143 cm³/mol. The number of fused-ring (bicyclic) bond motifs is 1. The lowest BCUT2D eigenvalue weighted by molar-refractivity contribution is -0.137. The van der Waals surface area contributed by atoms with Gasteiger partial charge in [0.25, 0.3) is 0 Å². The molecule has 0 spiro atoms. The number of hydrogen-bond acceptors (Lipinski definition) is 7. The maximum absolute atomic E-state index is 13.1. The number of carbonyl (C=O) groups excluding carboxylic acids is 1. The van der Waals surface area contributed by atoms with E-state index in [1.165, 1.54) is 12.4 Å². The van der Waals surface area contributed by atoms with Crippen molar-refractivity contribution in [2.45, 2.75) is 19.6 Å². The van der Waals surface area contributed by atoms with Gasteiger partial charge in [-0.15, -0.1) is 0 Å². The summed E-state index contributed by atoms with van der Waals surface area (Å²) in [6.45, 7) is 4.81. The molecule has 3 aromatic heterocycles. The van der Waals surface area contributed by atoms with Crippen LogP contribution in [0, 0.1) is 0 Å². The highest BCUT2D eigenvalue weighted by atomic mass is 35.5. The maximum atomic E-state index is 13.1. The lowest BCUT2D eigenvalue weighted by Crippen LogP contribution is -2.27. The number of halogens is 4. The Labute approximate surface area is 226 Å². The number of hydrogen-bond donors (Lipinski definition) is 3. The molecule has 206 valence electrons. The van der Waals surface area contributed by atoms with Gasteiger partial charge in [-0.1, -0.05) is 18.5 Å². The summed E-state index contributed by atoms with van der Waals surface area (Å²) in [7, 11) is 1.66. The number of methoxy groups -OCH3 is 1. The van der Waals surface area contributed by atoms with Crippen LogP contribution in [0.15, 0.2) is 48.9 Å². The molecule has 2 amide bonds. The predicted octanol–water partition coefficient (Wildman–Crippen LogP) is 5.16. The quantitative estimate of drug-likeness (QED) is 0.257. The Balaban J connectivity index is 1.53. The second kappa shape index (κ2) is 11.8. The summed E-state index contributed by atoms with van der Waals surface area (Å²) in [4.78, 5) is 23.0. The van der Waals surface area contributed by atoms with Crippen LogP contribution in [0.2, 0.25) is 5.02 Å². The summed E-state index contributed by atoms with van der Waals surface area (Å²) < 4.78 is 46.2. The van der Waals surface area contributed by atoms with Crippen LogP contribution >= 0.6 is 11.6 Å². The van der Waals surface area contributed by atoms with Crippen LogP contribution in [0.3, 0.4) is 0 Å². The topological polar surface area (TPSA) is 123 Å². The Hall–Kier alpha value is -3.94. The number of nitrogens with zero attached hydrogens (tertiary/aromatic N) is 5. The van der Waals surface area contributed by atoms with Gasteiger partial charge in [0, 0.05) is 43.2 Å². The molecular formula is C25H26ClF3N8O2. The van der Waals surface area contributed by atoms with Crippen molar-refractivity contribution in [1.82, 2.24) is 24.5 Å². The molecule has 39 heavy (non-hydrogen) atoms. The molecule has 4 aromatic rings. The minimum absolute atomic E-state index is 0.0734. The summed E-state index contributed by atoms with van der Waals surface area (Å²) in [5, 5.41) is 8.77. The number of carbonyl (C=O) groups is 1. The number of urea groups is 1. The Morgan fingerprint density at radius 2 is 1.97 bits per heavy atom. The molecule has 1 aromatic carbocycles. The van der Waals surface area contributed by atoms with Gasteiger partial charge >= 0.3 is 12.2 Å². The number of rotatable bonds is 9. The summed E-state index contributed by atoms with van der Waals surface area (Å²) in [5.74, 6) is 0.486. The molecule has 4 rings (SSSR count). The molecule has 0 saturated carbocycles. The maximum Gasteiger partial charge on any atom is 0.417 e. The number of pyridine rings is 1. The van der Waals surface area contributed by atoms with Gasteiger partial charge in [-0.05, 0) is 42.9 Å². The van der Waals surface area contributed by atoms with Gasteiger partial charge in [-0.2, -0.15) is 18.3 Å². The Kier molecular flexibility index (Phi) is 8.53. The van der Waals surface area contributed by atoms with Crippen molar-refractivity contribution in [1.29, 1.82) is 0 Å². The largest absolute Gasteiger partial charge is 0.417 e. The fourth-order valence-corrected chi connectivity index (χ4v) is 4.21. The van der Waals surface area contributed by atoms with Crippen LogP contribution in [0.1, 0.15) is 18.2 Å². The van der Waals surface area contributed by atoms with E-state index in [4.69, 9.17) is 22.1 Å². The third-order valence-electron chi connectivity index (χ3n) is 5.95. The molecular weight excluding hydrogens is 537 g/mol. The summed E-state index contributed by atoms with van der Waals surface area (Å²) in [6, 6.07) is 7.59. The third-order valence-corrected chi connectivity index (χ3v) is 6.28. The van der Waals surface area contributed by atoms with E-state index in [2.05, 4.69) is 37.5 Å². The molecule has 10 nitrogen and oxygen atoms in total. The standard InChI is InChI=1S/C25H26ClF3N8O2/c1-3-36(8-9-39-2)13-17-11-18(22-23(30)32-14-33-37(17)22)15-4-7-21(31-12-15)35-24(38)34-16-5-6-20(26)19(10-16)25(27,28)29/h4-7,10-12,14H,3,8-9,13H2,1-2H3,(H2,30,32,33)(H2,31,34,35,38). The van der Waals surface area contributed by atoms with E-state index >= 15 is 0 Å². The van der Waals surface area contributed by atoms with Gasteiger partial charge in [0.15, 0.2) is 5.82 Å². The summed E-state index contributed by atoms with van der Waals surface area (Å²) >= 11 is 5.63. The first-order chi connectivity index (χ1) is 18.6. The number of amides is 2. The first kappa shape index (κ1) is 28.1. The lowest BCUT2D eigenvalue weighted by Gasteiger charge is -2.19. The van der Waals surface area contributed by atoms with Crippen LogP contribution in [-0.2, 0) is 17.5 Å². The van der Waals surface area contributed by atoms with Gasteiger partial charge < -0.3 is 15.8 Å². The number of anilines is 3. The molecule has 0 fully saturated rings. The first-order valence-electron chi connectivity index (χ1n) is 11.8. The summed E-state index contributed by atoms with van der Waals surface area (Å²) in [6.07, 6.45) is -1.71. The molecule has 0 unspecified atom stereocenters. The van der Waals surface area contributed by atoms with E-state index in [1.807, 2.05) is 6.07 Å². The van der Waals surface area contributed by atoms with Crippen molar-refractivity contribution in [2.75, 3.05) is 43.2 Å². The normalized spacial score (nSPS) is 11.8. The average Bonchev–Trinajstić information content (AvgIpc) is 3.27. The Bertz CT molecular complexity index is 1460. The van der Waals surface area contributed by atoms with Crippen molar-refractivity contribution in [3.63, 3.8) is 0 Å². The molecule has 0 aliphatic carbocycles. The third kappa shape index (κ3) is 6.56. The SMILES string of the molecule is CCN(CCOC)Cc1cc(-c2ccc(NC(=O)Nc3ccc(Cl)c(C(F)(F)F)c3)nc2)c2c(N)ncnn12. The number of ether oxygens (including phenoxy) is 1. The number of nitrogen functional groups attached to an aromatic ring is 1. The monoisotopic (exact) mass is 562 g/mol. The lowest BCUT2D eigenvalue weighted by atomic mass is 10.1. The fraction of sp³-hybridized carbons (Fsp3) is 0.280. The smallest absolute Gasteiger partial charge is 0.383 e. The molecule has 0 bridgehead atoms. The molecule has 4 N–H and O–H groups in total. The zero-order valence-corrected chi connectivity index (χ0v) is 21.8. The van der Waals surface area contributed by atoms with Crippen LogP contribution in [0.5, 0.6) is 0 Å². The van der Waals surface area contributed by atoms with E-state index < -0.39 is 22.8 Å². The van der Waals surface area contributed by atoms with Crippen molar-refractivity contribution >= 4 is 40.5 Å². The van der Waals surface area contributed by atoms with Gasteiger partial charge in [-0.3, -0.25) is 10.2 Å². The second-order valence-corrected chi connectivity index (χ2v) is 8.93. The van der Waals surface area contributed by atoms with Crippen molar-refractivity contribution < 1.29 is 22.7 Å². The molecule has 0 aliphatic heterocycles. The minimum atomic E-state index is -4.65. The Morgan fingerprint density at radius 3 is 2.64 bits per heavy atom. The van der Waals surface area contributed by atoms with Crippen molar-refractivity contribution in [3.05, 3.63) is 65.2 Å². The van der Waals surface area contributed by atoms with Crippen LogP contribution in [0.4, 0.5) is 35.3 Å². The number of likely N-dealkylation sites (N-methyl/N-ethyl adjacent to an activating group) is 1. The molecule has 0 atom stereocenters. The average molecular weight is 563 g/mol. The van der Waals surface area contributed by atoms with Crippen LogP contribution in [-0.4, -0.2) is 57.3 Å². The first-order valence-corrected chi connectivity index (χ1v) is 12.2. The minimum Gasteiger partial charge on any atom is -0.383 e. The van der Waals surface area contributed by atoms with E-state index in [9.17, 15) is 18.0 Å². The van der Waals surface area contributed by atoms with E-state index in [-0.39, 0.29) is 11.5 Å². The number of alkyl halides is 3. The van der Waals surface area contributed by atoms with Gasteiger partial charge in [0.1, 0.15) is 17.7 Å². The molecule has 14 heteroatoms. The van der Waals surface area contributed by atoms with Crippen LogP contribution < -0.4 is 16.4 Å². The van der Waals surface area contributed by atoms with Crippen molar-refractivity contribution in [2.24, 2.45) is 0 Å². The molecule has 0 saturated heterocycles. The van der Waals surface area contributed by atoms with E-state index in [0.29, 0.717) is 30.0 Å². The highest BCUT2D eigenvalue weighted by molar-refractivity contribution is 6.31. The van der Waals surface area contributed by atoms with Gasteiger partial charge in [0.05, 0.1) is 22.9 Å². The zero-order valence-electron chi connectivity index (χ0n) is 21.1.